The minimum absolute atomic E-state index is 0.137. The average molecular weight is 382 g/mol. The third-order valence-electron chi connectivity index (χ3n) is 4.70. The molecule has 0 aliphatic rings. The molecule has 0 aliphatic heterocycles. The van der Waals surface area contributed by atoms with E-state index in [1.165, 1.54) is 0 Å². The van der Waals surface area contributed by atoms with Gasteiger partial charge in [-0.1, -0.05) is 31.5 Å². The summed E-state index contributed by atoms with van der Waals surface area (Å²) in [5.41, 5.74) is 6.46. The number of hydrogen-bond acceptors (Lipinski definition) is 2. The van der Waals surface area contributed by atoms with Crippen molar-refractivity contribution in [3.8, 4) is 5.69 Å². The molecule has 0 saturated heterocycles. The predicted octanol–water partition coefficient (Wildman–Crippen LogP) is 5.52. The normalized spacial score (nSPS) is 10.9. The van der Waals surface area contributed by atoms with Crippen molar-refractivity contribution in [3.05, 3.63) is 75.6 Å². The summed E-state index contributed by atoms with van der Waals surface area (Å²) in [6.45, 7) is 8.09. The van der Waals surface area contributed by atoms with E-state index in [1.54, 1.807) is 0 Å². The Bertz CT molecular complexity index is 974. The topological polar surface area (TPSA) is 46.9 Å². The van der Waals surface area contributed by atoms with Crippen molar-refractivity contribution < 1.29 is 4.79 Å². The Morgan fingerprint density at radius 3 is 2.33 bits per heavy atom. The minimum atomic E-state index is -0.137. The van der Waals surface area contributed by atoms with Gasteiger partial charge in [-0.25, -0.2) is 4.68 Å². The van der Waals surface area contributed by atoms with Crippen molar-refractivity contribution in [3.63, 3.8) is 0 Å². The Morgan fingerprint density at radius 2 is 1.78 bits per heavy atom. The third kappa shape index (κ3) is 3.91. The van der Waals surface area contributed by atoms with Gasteiger partial charge in [0, 0.05) is 22.0 Å². The second-order valence-corrected chi connectivity index (χ2v) is 7.01. The highest BCUT2D eigenvalue weighted by Crippen LogP contribution is 2.30. The van der Waals surface area contributed by atoms with Crippen molar-refractivity contribution in [2.45, 2.75) is 40.5 Å². The van der Waals surface area contributed by atoms with Crippen molar-refractivity contribution >= 4 is 23.2 Å². The molecule has 1 heterocycles. The summed E-state index contributed by atoms with van der Waals surface area (Å²) in [7, 11) is 0. The van der Waals surface area contributed by atoms with Crippen LogP contribution in [-0.4, -0.2) is 15.7 Å². The van der Waals surface area contributed by atoms with Gasteiger partial charge in [-0.15, -0.1) is 0 Å². The van der Waals surface area contributed by atoms with Crippen LogP contribution in [0.3, 0.4) is 0 Å². The van der Waals surface area contributed by atoms with E-state index in [9.17, 15) is 4.79 Å². The summed E-state index contributed by atoms with van der Waals surface area (Å²) >= 11 is 6.33. The first kappa shape index (κ1) is 19.2. The molecule has 0 saturated carbocycles. The van der Waals surface area contributed by atoms with Gasteiger partial charge >= 0.3 is 0 Å². The standard InChI is InChI=1S/C22H24ClN3O/c1-5-16-9-12-20(23)19(6-2)21(16)24-22(27)17-7-10-18(11-8-17)26-15(4)13-14(3)25-26/h7-13H,5-6H2,1-4H3,(H,24,27). The summed E-state index contributed by atoms with van der Waals surface area (Å²) < 4.78 is 1.87. The van der Waals surface area contributed by atoms with E-state index in [0.717, 1.165) is 46.7 Å². The number of carbonyl (C=O) groups is 1. The van der Waals surface area contributed by atoms with Crippen molar-refractivity contribution in [2.75, 3.05) is 5.32 Å². The Labute approximate surface area is 165 Å². The number of halogens is 1. The zero-order valence-electron chi connectivity index (χ0n) is 16.1. The highest BCUT2D eigenvalue weighted by Gasteiger charge is 2.15. The predicted molar refractivity (Wildman–Crippen MR) is 111 cm³/mol. The Kier molecular flexibility index (Phi) is 5.66. The zero-order chi connectivity index (χ0) is 19.6. The lowest BCUT2D eigenvalue weighted by atomic mass is 10.0. The van der Waals surface area contributed by atoms with Gasteiger partial charge in [0.1, 0.15) is 0 Å². The average Bonchev–Trinajstić information content (AvgIpc) is 3.00. The molecule has 1 N–H and O–H groups in total. The smallest absolute Gasteiger partial charge is 0.255 e. The number of benzene rings is 2. The molecule has 140 valence electrons. The van der Waals surface area contributed by atoms with Crippen LogP contribution in [-0.2, 0) is 12.8 Å². The van der Waals surface area contributed by atoms with E-state index >= 15 is 0 Å². The maximum Gasteiger partial charge on any atom is 0.255 e. The number of carbonyl (C=O) groups excluding carboxylic acids is 1. The molecular weight excluding hydrogens is 358 g/mol. The first-order valence-electron chi connectivity index (χ1n) is 9.19. The van der Waals surface area contributed by atoms with Crippen LogP contribution >= 0.6 is 11.6 Å². The third-order valence-corrected chi connectivity index (χ3v) is 5.05. The molecule has 2 aromatic carbocycles. The van der Waals surface area contributed by atoms with Gasteiger partial charge in [-0.05, 0) is 74.2 Å². The fourth-order valence-electron chi connectivity index (χ4n) is 3.30. The van der Waals surface area contributed by atoms with Crippen LogP contribution in [0.1, 0.15) is 46.7 Å². The molecule has 3 aromatic rings. The first-order valence-corrected chi connectivity index (χ1v) is 9.57. The lowest BCUT2D eigenvalue weighted by Crippen LogP contribution is -2.15. The van der Waals surface area contributed by atoms with Crippen LogP contribution in [0.2, 0.25) is 5.02 Å². The number of nitrogens with one attached hydrogen (secondary N) is 1. The van der Waals surface area contributed by atoms with E-state index < -0.39 is 0 Å². The van der Waals surface area contributed by atoms with Gasteiger partial charge in [-0.3, -0.25) is 4.79 Å². The van der Waals surface area contributed by atoms with E-state index in [0.29, 0.717) is 10.6 Å². The molecule has 0 atom stereocenters. The second kappa shape index (κ2) is 7.97. The number of amides is 1. The quantitative estimate of drug-likeness (QED) is 0.632. The number of rotatable bonds is 5. The summed E-state index contributed by atoms with van der Waals surface area (Å²) in [5, 5.41) is 8.23. The fraction of sp³-hybridized carbons (Fsp3) is 0.273. The molecule has 1 amide bonds. The monoisotopic (exact) mass is 381 g/mol. The highest BCUT2D eigenvalue weighted by molar-refractivity contribution is 6.32. The maximum absolute atomic E-state index is 12.8. The van der Waals surface area contributed by atoms with E-state index in [4.69, 9.17) is 11.6 Å². The lowest BCUT2D eigenvalue weighted by Gasteiger charge is -2.16. The van der Waals surface area contributed by atoms with Crippen LogP contribution in [0, 0.1) is 13.8 Å². The van der Waals surface area contributed by atoms with Gasteiger partial charge in [0.2, 0.25) is 0 Å². The van der Waals surface area contributed by atoms with Crippen LogP contribution in [0.25, 0.3) is 5.69 Å². The van der Waals surface area contributed by atoms with Crippen molar-refractivity contribution in [2.24, 2.45) is 0 Å². The SMILES string of the molecule is CCc1ccc(Cl)c(CC)c1NC(=O)c1ccc(-n2nc(C)cc2C)cc1. The molecule has 27 heavy (non-hydrogen) atoms. The molecule has 0 spiro atoms. The van der Waals surface area contributed by atoms with Crippen LogP contribution < -0.4 is 5.32 Å². The summed E-state index contributed by atoms with van der Waals surface area (Å²) in [4.78, 5) is 12.8. The number of aryl methyl sites for hydroxylation is 3. The number of anilines is 1. The summed E-state index contributed by atoms with van der Waals surface area (Å²) in [6, 6.07) is 13.4. The van der Waals surface area contributed by atoms with Gasteiger partial charge in [0.05, 0.1) is 11.4 Å². The molecule has 5 heteroatoms. The van der Waals surface area contributed by atoms with Gasteiger partial charge in [0.15, 0.2) is 0 Å². The van der Waals surface area contributed by atoms with Crippen LogP contribution in [0.15, 0.2) is 42.5 Å². The minimum Gasteiger partial charge on any atom is -0.321 e. The summed E-state index contributed by atoms with van der Waals surface area (Å²) in [5.74, 6) is -0.137. The summed E-state index contributed by atoms with van der Waals surface area (Å²) in [6.07, 6.45) is 1.59. The van der Waals surface area contributed by atoms with Gasteiger partial charge in [0.25, 0.3) is 5.91 Å². The number of hydrogen-bond donors (Lipinski definition) is 1. The van der Waals surface area contributed by atoms with E-state index in [-0.39, 0.29) is 5.91 Å². The maximum atomic E-state index is 12.8. The molecule has 0 aliphatic carbocycles. The molecule has 0 fully saturated rings. The van der Waals surface area contributed by atoms with Crippen molar-refractivity contribution in [1.29, 1.82) is 0 Å². The van der Waals surface area contributed by atoms with Gasteiger partial charge < -0.3 is 5.32 Å². The number of nitrogens with zero attached hydrogens (tertiary/aromatic N) is 2. The Hall–Kier alpha value is -2.59. The van der Waals surface area contributed by atoms with E-state index in [1.807, 2.05) is 67.9 Å². The molecule has 0 bridgehead atoms. The fourth-order valence-corrected chi connectivity index (χ4v) is 3.59. The Balaban J connectivity index is 1.87. The molecule has 0 unspecified atom stereocenters. The Morgan fingerprint density at radius 1 is 1.07 bits per heavy atom. The molecular formula is C22H24ClN3O. The molecule has 4 nitrogen and oxygen atoms in total. The first-order chi connectivity index (χ1) is 12.9. The largest absolute Gasteiger partial charge is 0.321 e. The highest BCUT2D eigenvalue weighted by atomic mass is 35.5. The number of aromatic nitrogens is 2. The lowest BCUT2D eigenvalue weighted by molar-refractivity contribution is 0.102. The second-order valence-electron chi connectivity index (χ2n) is 6.61. The van der Waals surface area contributed by atoms with Crippen LogP contribution in [0.4, 0.5) is 5.69 Å². The molecule has 3 rings (SSSR count). The van der Waals surface area contributed by atoms with Crippen molar-refractivity contribution in [1.82, 2.24) is 9.78 Å². The van der Waals surface area contributed by atoms with Crippen LogP contribution in [0.5, 0.6) is 0 Å². The molecule has 1 aromatic heterocycles. The van der Waals surface area contributed by atoms with E-state index in [2.05, 4.69) is 17.3 Å². The molecule has 0 radical (unpaired) electrons. The van der Waals surface area contributed by atoms with Gasteiger partial charge in [-0.2, -0.15) is 5.10 Å². The zero-order valence-corrected chi connectivity index (χ0v) is 16.9.